The normalized spacial score (nSPS) is 10.5. The molecule has 5 heteroatoms. The number of hydrogen-bond donors (Lipinski definition) is 1. The Hall–Kier alpha value is -2.48. The summed E-state index contributed by atoms with van der Waals surface area (Å²) in [5.74, 6) is -0.207. The smallest absolute Gasteiger partial charge is 0.220 e. The van der Waals surface area contributed by atoms with Gasteiger partial charge < -0.3 is 5.73 Å². The predicted molar refractivity (Wildman–Crippen MR) is 70.6 cm³/mol. The lowest BCUT2D eigenvalue weighted by molar-refractivity contribution is 0.624. The van der Waals surface area contributed by atoms with Crippen LogP contribution in [0.1, 0.15) is 31.0 Å². The van der Waals surface area contributed by atoms with Crippen molar-refractivity contribution in [1.82, 2.24) is 9.97 Å². The molecule has 1 heterocycles. The van der Waals surface area contributed by atoms with Crippen molar-refractivity contribution in [2.75, 3.05) is 5.73 Å². The van der Waals surface area contributed by atoms with E-state index in [1.165, 1.54) is 12.1 Å². The third kappa shape index (κ3) is 2.68. The summed E-state index contributed by atoms with van der Waals surface area (Å²) in [5.41, 5.74) is 7.60. The fraction of sp³-hybridized carbons (Fsp3) is 0.214. The summed E-state index contributed by atoms with van der Waals surface area (Å²) in [5, 5.41) is 8.71. The predicted octanol–water partition coefficient (Wildman–Crippen LogP) is 2.86. The summed E-state index contributed by atoms with van der Waals surface area (Å²) >= 11 is 0. The molecule has 0 aliphatic heterocycles. The van der Waals surface area contributed by atoms with Crippen molar-refractivity contribution in [2.45, 2.75) is 19.8 Å². The van der Waals surface area contributed by atoms with E-state index >= 15 is 0 Å². The Labute approximate surface area is 110 Å². The minimum Gasteiger partial charge on any atom is -0.368 e. The maximum atomic E-state index is 13.6. The average molecular weight is 256 g/mol. The molecule has 0 saturated carbocycles. The van der Waals surface area contributed by atoms with Gasteiger partial charge in [0.15, 0.2) is 0 Å². The molecule has 4 nitrogen and oxygen atoms in total. The summed E-state index contributed by atoms with van der Waals surface area (Å²) in [4.78, 5) is 8.24. The Morgan fingerprint density at radius 3 is 2.58 bits per heavy atom. The summed E-state index contributed by atoms with van der Waals surface area (Å²) in [6.07, 6.45) is 0. The Morgan fingerprint density at radius 1 is 1.26 bits per heavy atom. The fourth-order valence-electron chi connectivity index (χ4n) is 1.69. The van der Waals surface area contributed by atoms with Crippen molar-refractivity contribution in [2.24, 2.45) is 0 Å². The Bertz CT molecular complexity index is 659. The lowest BCUT2D eigenvalue weighted by atomic mass is 10.0. The van der Waals surface area contributed by atoms with Crippen LogP contribution in [0.3, 0.4) is 0 Å². The molecule has 19 heavy (non-hydrogen) atoms. The number of hydrogen-bond acceptors (Lipinski definition) is 4. The van der Waals surface area contributed by atoms with Crippen LogP contribution in [0.15, 0.2) is 24.3 Å². The largest absolute Gasteiger partial charge is 0.368 e. The number of rotatable bonds is 2. The highest BCUT2D eigenvalue weighted by Gasteiger charge is 2.10. The number of nitrogens with zero attached hydrogens (tertiary/aromatic N) is 3. The van der Waals surface area contributed by atoms with E-state index in [-0.39, 0.29) is 17.4 Å². The summed E-state index contributed by atoms with van der Waals surface area (Å²) in [6, 6.07) is 7.92. The van der Waals surface area contributed by atoms with Crippen LogP contribution in [0.2, 0.25) is 0 Å². The molecule has 2 aromatic rings. The molecule has 0 bridgehead atoms. The van der Waals surface area contributed by atoms with E-state index < -0.39 is 5.82 Å². The Balaban J connectivity index is 2.53. The third-order valence-corrected chi connectivity index (χ3v) is 2.74. The number of nitriles is 1. The molecular formula is C14H13FN4. The first-order chi connectivity index (χ1) is 9.01. The summed E-state index contributed by atoms with van der Waals surface area (Å²) in [6.45, 7) is 3.98. The van der Waals surface area contributed by atoms with Gasteiger partial charge >= 0.3 is 0 Å². The van der Waals surface area contributed by atoms with Gasteiger partial charge in [0.25, 0.3) is 0 Å². The zero-order valence-electron chi connectivity index (χ0n) is 10.7. The third-order valence-electron chi connectivity index (χ3n) is 2.74. The molecule has 2 rings (SSSR count). The maximum absolute atomic E-state index is 13.6. The first-order valence-electron chi connectivity index (χ1n) is 5.85. The lowest BCUT2D eigenvalue weighted by Crippen LogP contribution is -2.02. The molecule has 0 amide bonds. The van der Waals surface area contributed by atoms with Crippen LogP contribution in [0.4, 0.5) is 10.3 Å². The maximum Gasteiger partial charge on any atom is 0.220 e. The molecule has 2 N–H and O–H groups in total. The second kappa shape index (κ2) is 5.02. The first-order valence-corrected chi connectivity index (χ1v) is 5.85. The van der Waals surface area contributed by atoms with E-state index in [1.54, 1.807) is 18.2 Å². The van der Waals surface area contributed by atoms with E-state index in [4.69, 9.17) is 11.0 Å². The molecule has 1 aromatic carbocycles. The minimum atomic E-state index is -0.566. The number of anilines is 1. The zero-order valence-corrected chi connectivity index (χ0v) is 10.7. The fourth-order valence-corrected chi connectivity index (χ4v) is 1.69. The Morgan fingerprint density at radius 2 is 2.00 bits per heavy atom. The topological polar surface area (TPSA) is 75.6 Å². The lowest BCUT2D eigenvalue weighted by Gasteiger charge is -2.08. The Kier molecular flexibility index (Phi) is 3.43. The van der Waals surface area contributed by atoms with Gasteiger partial charge in [0.1, 0.15) is 11.9 Å². The number of nitrogen functional groups attached to an aromatic ring is 1. The number of benzene rings is 1. The molecular weight excluding hydrogens is 243 g/mol. The molecule has 0 radical (unpaired) electrons. The van der Waals surface area contributed by atoms with Crippen LogP contribution < -0.4 is 5.73 Å². The zero-order chi connectivity index (χ0) is 14.0. The van der Waals surface area contributed by atoms with E-state index in [9.17, 15) is 4.39 Å². The summed E-state index contributed by atoms with van der Waals surface area (Å²) in [7, 11) is 0. The van der Waals surface area contributed by atoms with E-state index in [0.717, 1.165) is 5.69 Å². The van der Waals surface area contributed by atoms with Gasteiger partial charge in [-0.25, -0.2) is 14.4 Å². The van der Waals surface area contributed by atoms with Crippen molar-refractivity contribution in [3.05, 3.63) is 41.3 Å². The molecule has 0 unspecified atom stereocenters. The quantitative estimate of drug-likeness (QED) is 0.896. The second-order valence-corrected chi connectivity index (χ2v) is 4.50. The van der Waals surface area contributed by atoms with Gasteiger partial charge in [-0.1, -0.05) is 19.9 Å². The average Bonchev–Trinajstić information content (AvgIpc) is 2.37. The molecule has 96 valence electrons. The molecule has 1 aromatic heterocycles. The monoisotopic (exact) mass is 256 g/mol. The second-order valence-electron chi connectivity index (χ2n) is 4.50. The highest BCUT2D eigenvalue weighted by atomic mass is 19.1. The van der Waals surface area contributed by atoms with E-state index in [1.807, 2.05) is 13.8 Å². The van der Waals surface area contributed by atoms with Crippen LogP contribution in [-0.4, -0.2) is 9.97 Å². The molecule has 0 aliphatic rings. The summed E-state index contributed by atoms with van der Waals surface area (Å²) < 4.78 is 13.6. The number of halogens is 1. The van der Waals surface area contributed by atoms with Gasteiger partial charge in [-0.05, 0) is 24.1 Å². The van der Waals surface area contributed by atoms with Gasteiger partial charge in [0.2, 0.25) is 5.95 Å². The highest BCUT2D eigenvalue weighted by molar-refractivity contribution is 5.62. The molecule has 0 atom stereocenters. The number of aromatic nitrogens is 2. The van der Waals surface area contributed by atoms with Gasteiger partial charge in [-0.3, -0.25) is 0 Å². The van der Waals surface area contributed by atoms with Gasteiger partial charge in [0.05, 0.1) is 11.3 Å². The van der Waals surface area contributed by atoms with Crippen LogP contribution in [0.5, 0.6) is 0 Å². The first kappa shape index (κ1) is 13.0. The van der Waals surface area contributed by atoms with Crippen molar-refractivity contribution in [3.8, 4) is 17.3 Å². The minimum absolute atomic E-state index is 0.00913. The van der Waals surface area contributed by atoms with Crippen molar-refractivity contribution in [3.63, 3.8) is 0 Å². The standard InChI is InChI=1S/C14H13FN4/c1-8(2)12-6-13(19-14(17)18-12)9-3-4-10(7-16)11(15)5-9/h3-6,8H,1-2H3,(H2,17,18,19). The molecule has 0 fully saturated rings. The van der Waals surface area contributed by atoms with E-state index in [2.05, 4.69) is 9.97 Å². The van der Waals surface area contributed by atoms with Crippen LogP contribution >= 0.6 is 0 Å². The molecule has 0 saturated heterocycles. The number of nitrogens with two attached hydrogens (primary N) is 1. The van der Waals surface area contributed by atoms with Crippen molar-refractivity contribution >= 4 is 5.95 Å². The molecule has 0 spiro atoms. The van der Waals surface area contributed by atoms with Gasteiger partial charge in [0, 0.05) is 11.3 Å². The molecule has 0 aliphatic carbocycles. The van der Waals surface area contributed by atoms with Crippen LogP contribution in [-0.2, 0) is 0 Å². The van der Waals surface area contributed by atoms with Crippen molar-refractivity contribution in [1.29, 1.82) is 5.26 Å². The van der Waals surface area contributed by atoms with Crippen LogP contribution in [0.25, 0.3) is 11.3 Å². The van der Waals surface area contributed by atoms with Crippen molar-refractivity contribution < 1.29 is 4.39 Å². The van der Waals surface area contributed by atoms with E-state index in [0.29, 0.717) is 11.3 Å². The van der Waals surface area contributed by atoms with Gasteiger partial charge in [-0.2, -0.15) is 5.26 Å². The SMILES string of the molecule is CC(C)c1cc(-c2ccc(C#N)c(F)c2)nc(N)n1. The highest BCUT2D eigenvalue weighted by Crippen LogP contribution is 2.23. The van der Waals surface area contributed by atoms with Crippen LogP contribution in [0, 0.1) is 17.1 Å². The van der Waals surface area contributed by atoms with Gasteiger partial charge in [-0.15, -0.1) is 0 Å².